The average molecular weight is 339 g/mol. The van der Waals surface area contributed by atoms with Gasteiger partial charge in [0.25, 0.3) is 0 Å². The third-order valence-corrected chi connectivity index (χ3v) is 3.13. The minimum atomic E-state index is 0.255. The van der Waals surface area contributed by atoms with Crippen LogP contribution >= 0.6 is 0 Å². The van der Waals surface area contributed by atoms with Crippen molar-refractivity contribution in [2.75, 3.05) is 55.5 Å². The van der Waals surface area contributed by atoms with E-state index in [4.69, 9.17) is 15.2 Å². The molecule has 0 aromatic carbocycles. The van der Waals surface area contributed by atoms with Gasteiger partial charge < -0.3 is 31.2 Å². The zero-order valence-corrected chi connectivity index (χ0v) is 14.5. The van der Waals surface area contributed by atoms with Crippen molar-refractivity contribution in [3.05, 3.63) is 0 Å². The van der Waals surface area contributed by atoms with E-state index < -0.39 is 0 Å². The first-order valence-electron chi connectivity index (χ1n) is 8.56. The number of hydrogen-bond acceptors (Lipinski definition) is 9. The standard InChI is InChI=1S/C15H29N7O2/c1-11(2)18-14-20-13(21-15(22-14)19-12-3-4-12)17-6-8-24-10-9-23-7-5-16/h11-12H,3-10,16H2,1-2H3,(H3,17,18,19,20,21,22). The molecule has 0 spiro atoms. The number of rotatable bonds is 13. The maximum Gasteiger partial charge on any atom is 0.229 e. The van der Waals surface area contributed by atoms with Gasteiger partial charge in [0.05, 0.1) is 26.4 Å². The van der Waals surface area contributed by atoms with Crippen LogP contribution in [0.1, 0.15) is 26.7 Å². The highest BCUT2D eigenvalue weighted by Crippen LogP contribution is 2.23. The Kier molecular flexibility index (Phi) is 7.93. The van der Waals surface area contributed by atoms with Crippen LogP contribution in [0.15, 0.2) is 0 Å². The fourth-order valence-electron chi connectivity index (χ4n) is 1.89. The van der Waals surface area contributed by atoms with E-state index >= 15 is 0 Å². The molecule has 1 aliphatic rings. The van der Waals surface area contributed by atoms with E-state index in [9.17, 15) is 0 Å². The molecule has 0 bridgehead atoms. The van der Waals surface area contributed by atoms with Crippen LogP contribution in [0.25, 0.3) is 0 Å². The molecule has 0 aliphatic heterocycles. The molecule has 0 saturated heterocycles. The summed E-state index contributed by atoms with van der Waals surface area (Å²) < 4.78 is 10.7. The van der Waals surface area contributed by atoms with Crippen LogP contribution in [0.5, 0.6) is 0 Å². The first-order chi connectivity index (χ1) is 11.7. The van der Waals surface area contributed by atoms with Crippen LogP contribution < -0.4 is 21.7 Å². The fraction of sp³-hybridized carbons (Fsp3) is 0.800. The van der Waals surface area contributed by atoms with Crippen LogP contribution in [0.2, 0.25) is 0 Å². The third kappa shape index (κ3) is 7.71. The van der Waals surface area contributed by atoms with E-state index in [0.717, 1.165) is 0 Å². The zero-order chi connectivity index (χ0) is 17.2. The lowest BCUT2D eigenvalue weighted by Gasteiger charge is -2.12. The van der Waals surface area contributed by atoms with Gasteiger partial charge in [-0.3, -0.25) is 0 Å². The van der Waals surface area contributed by atoms with E-state index in [2.05, 4.69) is 30.9 Å². The van der Waals surface area contributed by atoms with Crippen LogP contribution in [0.4, 0.5) is 17.8 Å². The molecule has 1 aromatic rings. The first-order valence-corrected chi connectivity index (χ1v) is 8.56. The summed E-state index contributed by atoms with van der Waals surface area (Å²) in [7, 11) is 0. The summed E-state index contributed by atoms with van der Waals surface area (Å²) >= 11 is 0. The summed E-state index contributed by atoms with van der Waals surface area (Å²) in [5, 5.41) is 9.68. The molecule has 136 valence electrons. The Labute approximate surface area is 143 Å². The Morgan fingerprint density at radius 3 is 2.33 bits per heavy atom. The number of ether oxygens (including phenoxy) is 2. The second kappa shape index (κ2) is 10.2. The number of nitrogens with zero attached hydrogens (tertiary/aromatic N) is 3. The van der Waals surface area contributed by atoms with Gasteiger partial charge in [0.15, 0.2) is 0 Å². The molecule has 1 fully saturated rings. The molecule has 5 N–H and O–H groups in total. The number of nitrogens with one attached hydrogen (secondary N) is 3. The Bertz CT molecular complexity index is 461. The van der Waals surface area contributed by atoms with E-state index in [-0.39, 0.29) is 6.04 Å². The monoisotopic (exact) mass is 339 g/mol. The third-order valence-electron chi connectivity index (χ3n) is 3.13. The van der Waals surface area contributed by atoms with Gasteiger partial charge in [-0.15, -0.1) is 0 Å². The Morgan fingerprint density at radius 1 is 1.00 bits per heavy atom. The predicted molar refractivity (Wildman–Crippen MR) is 94.4 cm³/mol. The molecule has 1 aromatic heterocycles. The number of aromatic nitrogens is 3. The quantitative estimate of drug-likeness (QED) is 0.384. The Morgan fingerprint density at radius 2 is 1.67 bits per heavy atom. The molecule has 2 rings (SSSR count). The van der Waals surface area contributed by atoms with Crippen molar-refractivity contribution in [1.82, 2.24) is 15.0 Å². The molecule has 1 heterocycles. The fourth-order valence-corrected chi connectivity index (χ4v) is 1.89. The van der Waals surface area contributed by atoms with Crippen molar-refractivity contribution in [1.29, 1.82) is 0 Å². The molecule has 9 heteroatoms. The lowest BCUT2D eigenvalue weighted by atomic mass is 10.4. The highest BCUT2D eigenvalue weighted by atomic mass is 16.5. The van der Waals surface area contributed by atoms with Gasteiger partial charge in [0, 0.05) is 25.2 Å². The molecule has 0 atom stereocenters. The van der Waals surface area contributed by atoms with Crippen LogP contribution in [0, 0.1) is 0 Å². The van der Waals surface area contributed by atoms with Gasteiger partial charge in [0.2, 0.25) is 17.8 Å². The number of hydrogen-bond donors (Lipinski definition) is 4. The molecule has 24 heavy (non-hydrogen) atoms. The van der Waals surface area contributed by atoms with E-state index in [1.807, 2.05) is 13.8 Å². The second-order valence-corrected chi connectivity index (χ2v) is 5.96. The van der Waals surface area contributed by atoms with Crippen LogP contribution in [0.3, 0.4) is 0 Å². The summed E-state index contributed by atoms with van der Waals surface area (Å²) in [6, 6.07) is 0.745. The predicted octanol–water partition coefficient (Wildman–Crippen LogP) is 0.670. The summed E-state index contributed by atoms with van der Waals surface area (Å²) in [5.41, 5.74) is 5.34. The van der Waals surface area contributed by atoms with E-state index in [0.29, 0.717) is 63.4 Å². The summed E-state index contributed by atoms with van der Waals surface area (Å²) in [5.74, 6) is 1.72. The first kappa shape index (κ1) is 18.6. The topological polar surface area (TPSA) is 119 Å². The van der Waals surface area contributed by atoms with Gasteiger partial charge in [0.1, 0.15) is 0 Å². The van der Waals surface area contributed by atoms with Crippen molar-refractivity contribution >= 4 is 17.8 Å². The lowest BCUT2D eigenvalue weighted by molar-refractivity contribution is 0.0547. The Hall–Kier alpha value is -1.71. The minimum Gasteiger partial charge on any atom is -0.378 e. The summed E-state index contributed by atoms with van der Waals surface area (Å²) in [4.78, 5) is 13.2. The molecule has 9 nitrogen and oxygen atoms in total. The van der Waals surface area contributed by atoms with E-state index in [1.54, 1.807) is 0 Å². The lowest BCUT2D eigenvalue weighted by Crippen LogP contribution is -2.19. The van der Waals surface area contributed by atoms with Gasteiger partial charge >= 0.3 is 0 Å². The molecule has 0 amide bonds. The average Bonchev–Trinajstić information content (AvgIpc) is 3.33. The van der Waals surface area contributed by atoms with Crippen molar-refractivity contribution in [3.63, 3.8) is 0 Å². The maximum absolute atomic E-state index is 5.47. The van der Waals surface area contributed by atoms with Crippen molar-refractivity contribution in [3.8, 4) is 0 Å². The maximum atomic E-state index is 5.47. The van der Waals surface area contributed by atoms with E-state index in [1.165, 1.54) is 12.8 Å². The van der Waals surface area contributed by atoms with Crippen molar-refractivity contribution in [2.45, 2.75) is 38.8 Å². The van der Waals surface area contributed by atoms with Gasteiger partial charge in [-0.2, -0.15) is 15.0 Å². The molecule has 1 saturated carbocycles. The number of anilines is 3. The normalized spacial score (nSPS) is 14.0. The molecule has 1 aliphatic carbocycles. The zero-order valence-electron chi connectivity index (χ0n) is 14.5. The van der Waals surface area contributed by atoms with Crippen LogP contribution in [-0.2, 0) is 9.47 Å². The summed E-state index contributed by atoms with van der Waals surface area (Å²) in [6.07, 6.45) is 2.34. The largest absolute Gasteiger partial charge is 0.378 e. The number of nitrogens with two attached hydrogens (primary N) is 1. The van der Waals surface area contributed by atoms with Crippen molar-refractivity contribution < 1.29 is 9.47 Å². The SMILES string of the molecule is CC(C)Nc1nc(NCCOCCOCCN)nc(NC2CC2)n1. The van der Waals surface area contributed by atoms with Crippen molar-refractivity contribution in [2.24, 2.45) is 5.73 Å². The molecular weight excluding hydrogens is 310 g/mol. The Balaban J connectivity index is 1.75. The molecular formula is C15H29N7O2. The minimum absolute atomic E-state index is 0.255. The highest BCUT2D eigenvalue weighted by Gasteiger charge is 2.22. The smallest absolute Gasteiger partial charge is 0.229 e. The highest BCUT2D eigenvalue weighted by molar-refractivity contribution is 5.43. The second-order valence-electron chi connectivity index (χ2n) is 5.96. The van der Waals surface area contributed by atoms with Gasteiger partial charge in [-0.1, -0.05) is 0 Å². The summed E-state index contributed by atoms with van der Waals surface area (Å²) in [6.45, 7) is 7.46. The molecule has 0 unspecified atom stereocenters. The van der Waals surface area contributed by atoms with Crippen LogP contribution in [-0.4, -0.2) is 66.6 Å². The van der Waals surface area contributed by atoms with Gasteiger partial charge in [-0.25, -0.2) is 0 Å². The van der Waals surface area contributed by atoms with Gasteiger partial charge in [-0.05, 0) is 26.7 Å². The molecule has 0 radical (unpaired) electrons.